The zero-order valence-corrected chi connectivity index (χ0v) is 23.6. The molecule has 0 bridgehead atoms. The molecule has 1 amide bonds. The number of rotatable bonds is 11. The molecular weight excluding hydrogens is 556 g/mol. The number of carbonyl (C=O) groups is 3. The Morgan fingerprint density at radius 2 is 1.72 bits per heavy atom. The first-order valence-corrected chi connectivity index (χ1v) is 13.4. The van der Waals surface area contributed by atoms with Crippen LogP contribution in [0.4, 0.5) is 9.59 Å². The number of amidine groups is 1. The Morgan fingerprint density at radius 3 is 2.42 bits per heavy atom. The monoisotopic (exact) mass is 586 g/mol. The number of esters is 1. The highest BCUT2D eigenvalue weighted by Gasteiger charge is 2.16. The van der Waals surface area contributed by atoms with Crippen LogP contribution in [0.2, 0.25) is 0 Å². The Labute approximate surface area is 247 Å². The Kier molecular flexibility index (Phi) is 10.5. The van der Waals surface area contributed by atoms with E-state index in [9.17, 15) is 14.4 Å². The van der Waals surface area contributed by atoms with Gasteiger partial charge in [0.25, 0.3) is 0 Å². The molecule has 4 rings (SSSR count). The highest BCUT2D eigenvalue weighted by atomic mass is 16.8. The zero-order chi connectivity index (χ0) is 30.6. The van der Waals surface area contributed by atoms with Crippen LogP contribution in [0.15, 0.2) is 79.3 Å². The van der Waals surface area contributed by atoms with Gasteiger partial charge in [-0.1, -0.05) is 54.6 Å². The van der Waals surface area contributed by atoms with E-state index in [0.29, 0.717) is 29.2 Å². The summed E-state index contributed by atoms with van der Waals surface area (Å²) in [6.07, 6.45) is 0.963. The number of carbonyl (C=O) groups excluding carboxylic acids is 3. The summed E-state index contributed by atoms with van der Waals surface area (Å²) in [7, 11) is 0. The summed E-state index contributed by atoms with van der Waals surface area (Å²) in [5.41, 5.74) is 3.37. The van der Waals surface area contributed by atoms with Crippen LogP contribution >= 0.6 is 0 Å². The highest BCUT2D eigenvalue weighted by Crippen LogP contribution is 2.18. The average molecular weight is 587 g/mol. The van der Waals surface area contributed by atoms with Crippen molar-refractivity contribution in [3.05, 3.63) is 96.1 Å². The van der Waals surface area contributed by atoms with Gasteiger partial charge in [0.1, 0.15) is 18.8 Å². The second-order valence-electron chi connectivity index (χ2n) is 9.05. The van der Waals surface area contributed by atoms with Crippen LogP contribution < -0.4 is 5.32 Å². The average Bonchev–Trinajstić information content (AvgIpc) is 3.49. The molecule has 0 aliphatic carbocycles. The van der Waals surface area contributed by atoms with Crippen molar-refractivity contribution < 1.29 is 33.3 Å². The second-order valence-corrected chi connectivity index (χ2v) is 9.05. The molecule has 0 aliphatic rings. The largest absolute Gasteiger partial charge is 0.511 e. The molecule has 0 spiro atoms. The SMILES string of the molecule is CCOC(=O)OC(C)OC(=O)CCc1cn(-c2ccc(-c3ccc(C(=N)NC(=O)OCc4ccccc4)cc3)nn2)cn1. The topological polar surface area (TPSA) is 168 Å². The van der Waals surface area contributed by atoms with E-state index < -0.39 is 24.5 Å². The number of amides is 1. The van der Waals surface area contributed by atoms with Gasteiger partial charge in [-0.05, 0) is 24.6 Å². The van der Waals surface area contributed by atoms with Gasteiger partial charge in [-0.25, -0.2) is 14.6 Å². The number of nitrogens with one attached hydrogen (secondary N) is 2. The van der Waals surface area contributed by atoms with E-state index in [4.69, 9.17) is 19.6 Å². The number of aromatic nitrogens is 4. The molecule has 0 radical (unpaired) electrons. The van der Waals surface area contributed by atoms with Gasteiger partial charge >= 0.3 is 18.2 Å². The Bertz CT molecular complexity index is 1540. The van der Waals surface area contributed by atoms with Gasteiger partial charge in [0.15, 0.2) is 5.82 Å². The third kappa shape index (κ3) is 9.21. The molecule has 1 atom stereocenters. The minimum absolute atomic E-state index is 0.0377. The molecular formula is C30H30N6O7. The van der Waals surface area contributed by atoms with Crippen LogP contribution in [0.1, 0.15) is 37.1 Å². The lowest BCUT2D eigenvalue weighted by molar-refractivity contribution is -0.167. The molecule has 43 heavy (non-hydrogen) atoms. The van der Waals surface area contributed by atoms with Crippen molar-refractivity contribution >= 4 is 24.1 Å². The van der Waals surface area contributed by atoms with Gasteiger partial charge < -0.3 is 18.9 Å². The van der Waals surface area contributed by atoms with Crippen molar-refractivity contribution in [1.82, 2.24) is 25.1 Å². The van der Waals surface area contributed by atoms with Crippen molar-refractivity contribution in [3.63, 3.8) is 0 Å². The van der Waals surface area contributed by atoms with E-state index in [-0.39, 0.29) is 25.5 Å². The van der Waals surface area contributed by atoms with Crippen LogP contribution in [0.25, 0.3) is 17.1 Å². The van der Waals surface area contributed by atoms with E-state index in [0.717, 1.165) is 11.1 Å². The minimum Gasteiger partial charge on any atom is -0.444 e. The molecule has 0 aliphatic heterocycles. The van der Waals surface area contributed by atoms with Crippen molar-refractivity contribution in [2.24, 2.45) is 0 Å². The lowest BCUT2D eigenvalue weighted by atomic mass is 10.1. The van der Waals surface area contributed by atoms with Gasteiger partial charge in [-0.2, -0.15) is 0 Å². The van der Waals surface area contributed by atoms with Gasteiger partial charge in [0.2, 0.25) is 6.29 Å². The van der Waals surface area contributed by atoms with E-state index >= 15 is 0 Å². The van der Waals surface area contributed by atoms with Crippen molar-refractivity contribution in [3.8, 4) is 17.1 Å². The number of nitrogens with zero attached hydrogens (tertiary/aromatic N) is 4. The van der Waals surface area contributed by atoms with Gasteiger partial charge in [-0.3, -0.25) is 20.1 Å². The van der Waals surface area contributed by atoms with Gasteiger partial charge in [0, 0.05) is 30.7 Å². The third-order valence-electron chi connectivity index (χ3n) is 5.87. The Balaban J connectivity index is 1.25. The van der Waals surface area contributed by atoms with Crippen LogP contribution in [0.3, 0.4) is 0 Å². The first-order chi connectivity index (χ1) is 20.8. The summed E-state index contributed by atoms with van der Waals surface area (Å²) in [5.74, 6) is -0.108. The molecule has 222 valence electrons. The van der Waals surface area contributed by atoms with E-state index in [2.05, 4.69) is 25.2 Å². The summed E-state index contributed by atoms with van der Waals surface area (Å²) in [4.78, 5) is 39.7. The number of hydrogen-bond acceptors (Lipinski definition) is 11. The number of benzene rings is 2. The molecule has 0 fully saturated rings. The van der Waals surface area contributed by atoms with Crippen molar-refractivity contribution in [2.45, 2.75) is 39.6 Å². The van der Waals surface area contributed by atoms with Crippen LogP contribution in [-0.2, 0) is 36.8 Å². The molecule has 13 heteroatoms. The van der Waals surface area contributed by atoms with Crippen LogP contribution in [-0.4, -0.2) is 56.7 Å². The number of imidazole rings is 1. The van der Waals surface area contributed by atoms with Gasteiger partial charge in [0.05, 0.1) is 24.4 Å². The Morgan fingerprint density at radius 1 is 0.953 bits per heavy atom. The summed E-state index contributed by atoms with van der Waals surface area (Å²) < 4.78 is 21.3. The van der Waals surface area contributed by atoms with Crippen LogP contribution in [0, 0.1) is 5.41 Å². The molecule has 0 saturated heterocycles. The summed E-state index contributed by atoms with van der Waals surface area (Å²) >= 11 is 0. The first kappa shape index (κ1) is 30.4. The van der Waals surface area contributed by atoms with Gasteiger partial charge in [-0.15, -0.1) is 10.2 Å². The summed E-state index contributed by atoms with van der Waals surface area (Å²) in [6, 6.07) is 19.8. The number of hydrogen-bond donors (Lipinski definition) is 2. The minimum atomic E-state index is -1.06. The number of alkyl carbamates (subject to hydrolysis) is 1. The number of aryl methyl sites for hydroxylation is 1. The maximum atomic E-state index is 12.1. The van der Waals surface area contributed by atoms with Crippen molar-refractivity contribution in [2.75, 3.05) is 6.61 Å². The highest BCUT2D eigenvalue weighted by molar-refractivity contribution is 6.04. The van der Waals surface area contributed by atoms with E-state index in [1.165, 1.54) is 6.92 Å². The standard InChI is InChI=1S/C30H30N6O7/c1-3-40-30(39)43-20(2)42-27(37)16-13-24-17-36(19-32-24)26-15-14-25(34-35-26)22-9-11-23(12-10-22)28(31)33-29(38)41-18-21-7-5-4-6-8-21/h4-12,14-15,17,19-20H,3,13,16,18H2,1-2H3,(H2,31,33,38). The summed E-state index contributed by atoms with van der Waals surface area (Å²) in [5, 5.41) is 19.1. The lowest BCUT2D eigenvalue weighted by Crippen LogP contribution is -2.30. The fourth-order valence-corrected chi connectivity index (χ4v) is 3.76. The maximum Gasteiger partial charge on any atom is 0.511 e. The van der Waals surface area contributed by atoms with Crippen molar-refractivity contribution in [1.29, 1.82) is 5.41 Å². The van der Waals surface area contributed by atoms with Crippen LogP contribution in [0.5, 0.6) is 0 Å². The molecule has 1 unspecified atom stereocenters. The predicted molar refractivity (Wildman–Crippen MR) is 153 cm³/mol. The van der Waals surface area contributed by atoms with E-state index in [1.807, 2.05) is 30.3 Å². The lowest BCUT2D eigenvalue weighted by Gasteiger charge is -2.13. The smallest absolute Gasteiger partial charge is 0.444 e. The first-order valence-electron chi connectivity index (χ1n) is 13.4. The Hall–Kier alpha value is -5.59. The molecule has 13 nitrogen and oxygen atoms in total. The van der Waals surface area contributed by atoms with E-state index in [1.54, 1.807) is 60.4 Å². The quantitative estimate of drug-likeness (QED) is 0.0835. The molecule has 0 saturated carbocycles. The number of ether oxygens (including phenoxy) is 4. The predicted octanol–water partition coefficient (Wildman–Crippen LogP) is 4.58. The normalized spacial score (nSPS) is 11.2. The second kappa shape index (κ2) is 14.9. The molecule has 2 aromatic carbocycles. The molecule has 2 heterocycles. The summed E-state index contributed by atoms with van der Waals surface area (Å²) in [6.45, 7) is 3.33. The third-order valence-corrected chi connectivity index (χ3v) is 5.87. The zero-order valence-electron chi connectivity index (χ0n) is 23.6. The molecule has 4 aromatic rings. The molecule has 2 N–H and O–H groups in total. The molecule has 2 aromatic heterocycles. The fourth-order valence-electron chi connectivity index (χ4n) is 3.76. The fraction of sp³-hybridized carbons (Fsp3) is 0.233. The maximum absolute atomic E-state index is 12.1.